The maximum Gasteiger partial charge on any atom is 0.306 e. The highest BCUT2D eigenvalue weighted by molar-refractivity contribution is 5.70. The maximum absolute atomic E-state index is 12.5. The first kappa shape index (κ1) is 44.9. The van der Waals surface area contributed by atoms with Crippen molar-refractivity contribution in [3.05, 3.63) is 48.6 Å². The van der Waals surface area contributed by atoms with Crippen molar-refractivity contribution in [2.75, 3.05) is 27.2 Å². The van der Waals surface area contributed by atoms with Crippen LogP contribution in [-0.2, 0) is 19.1 Å². The smallest absolute Gasteiger partial charge is 0.306 e. The molecular formula is C42H75NO4. The van der Waals surface area contributed by atoms with Crippen molar-refractivity contribution < 1.29 is 19.1 Å². The molecule has 47 heavy (non-hydrogen) atoms. The number of hydrogen-bond acceptors (Lipinski definition) is 5. The molecule has 272 valence electrons. The van der Waals surface area contributed by atoms with Gasteiger partial charge in [0.25, 0.3) is 0 Å². The molecule has 0 unspecified atom stereocenters. The largest absolute Gasteiger partial charge is 0.462 e. The monoisotopic (exact) mass is 658 g/mol. The number of allylic oxidation sites excluding steroid dienone is 8. The van der Waals surface area contributed by atoms with Crippen LogP contribution in [0, 0.1) is 0 Å². The molecule has 0 aliphatic rings. The van der Waals surface area contributed by atoms with Gasteiger partial charge in [0.1, 0.15) is 12.7 Å². The third-order valence-corrected chi connectivity index (χ3v) is 8.25. The highest BCUT2D eigenvalue weighted by atomic mass is 16.6. The van der Waals surface area contributed by atoms with E-state index in [1.807, 2.05) is 14.1 Å². The Kier molecular flexibility index (Phi) is 35.0. The van der Waals surface area contributed by atoms with Gasteiger partial charge < -0.3 is 14.4 Å². The van der Waals surface area contributed by atoms with Crippen LogP contribution in [0.25, 0.3) is 0 Å². The normalized spacial score (nSPS) is 12.8. The Morgan fingerprint density at radius 2 is 0.872 bits per heavy atom. The van der Waals surface area contributed by atoms with Crippen LogP contribution in [-0.4, -0.2) is 50.2 Å². The van der Waals surface area contributed by atoms with E-state index in [-0.39, 0.29) is 24.6 Å². The predicted octanol–water partition coefficient (Wildman–Crippen LogP) is 12.0. The fraction of sp³-hybridized carbons (Fsp3) is 0.762. The summed E-state index contributed by atoms with van der Waals surface area (Å²) >= 11 is 0. The molecule has 5 nitrogen and oxygen atoms in total. The Hall–Kier alpha value is -2.14. The van der Waals surface area contributed by atoms with Gasteiger partial charge in [0.2, 0.25) is 0 Å². The lowest BCUT2D eigenvalue weighted by Crippen LogP contribution is -2.29. The van der Waals surface area contributed by atoms with Gasteiger partial charge in [-0.15, -0.1) is 0 Å². The summed E-state index contributed by atoms with van der Waals surface area (Å²) in [5.74, 6) is -0.355. The van der Waals surface area contributed by atoms with Crippen LogP contribution in [0.3, 0.4) is 0 Å². The van der Waals surface area contributed by atoms with E-state index >= 15 is 0 Å². The van der Waals surface area contributed by atoms with Crippen molar-refractivity contribution in [2.24, 2.45) is 0 Å². The number of unbranched alkanes of at least 4 members (excludes halogenated alkanes) is 16. The SMILES string of the molecule is CC/C=C\CCCC/C=C\CCCCCCCC(=O)OC[C@H](CCN(C)C)OC(=O)CCCCCCC/C=C\CCCC/C=C\CC. The molecule has 0 amide bonds. The standard InChI is InChI=1S/C42H75NO4/c1-5-7-9-11-13-15-17-19-21-23-25-27-29-31-33-35-41(44)46-39-40(37-38-43(3)4)47-42(45)36-34-32-30-28-26-24-22-20-18-16-14-12-10-8-6-2/h7-10,19-22,40H,5-6,11-18,23-39H2,1-4H3/b9-7-,10-8-,21-19-,22-20-/t40-/m0/s1. The topological polar surface area (TPSA) is 55.8 Å². The van der Waals surface area contributed by atoms with E-state index in [1.54, 1.807) is 0 Å². The van der Waals surface area contributed by atoms with E-state index in [4.69, 9.17) is 9.47 Å². The van der Waals surface area contributed by atoms with Gasteiger partial charge in [-0.05, 0) is 117 Å². The third kappa shape index (κ3) is 36.5. The van der Waals surface area contributed by atoms with Crippen molar-refractivity contribution in [3.63, 3.8) is 0 Å². The molecule has 0 N–H and O–H groups in total. The van der Waals surface area contributed by atoms with Gasteiger partial charge in [-0.1, -0.05) is 101 Å². The Bertz CT molecular complexity index is 813. The highest BCUT2D eigenvalue weighted by Crippen LogP contribution is 2.13. The van der Waals surface area contributed by atoms with Gasteiger partial charge in [0.05, 0.1) is 0 Å². The third-order valence-electron chi connectivity index (χ3n) is 8.25. The van der Waals surface area contributed by atoms with Crippen molar-refractivity contribution in [2.45, 2.75) is 180 Å². The molecule has 1 atom stereocenters. The van der Waals surface area contributed by atoms with Crippen molar-refractivity contribution in [1.29, 1.82) is 0 Å². The van der Waals surface area contributed by atoms with Crippen molar-refractivity contribution in [1.82, 2.24) is 4.90 Å². The van der Waals surface area contributed by atoms with Crippen LogP contribution in [0.2, 0.25) is 0 Å². The fourth-order valence-corrected chi connectivity index (χ4v) is 5.29. The summed E-state index contributed by atoms with van der Waals surface area (Å²) in [6.45, 7) is 5.30. The summed E-state index contributed by atoms with van der Waals surface area (Å²) in [6, 6.07) is 0. The Balaban J connectivity index is 3.89. The van der Waals surface area contributed by atoms with Crippen molar-refractivity contribution >= 4 is 11.9 Å². The predicted molar refractivity (Wildman–Crippen MR) is 203 cm³/mol. The van der Waals surface area contributed by atoms with Gasteiger partial charge in [0, 0.05) is 25.8 Å². The first-order valence-corrected chi connectivity index (χ1v) is 19.6. The zero-order valence-corrected chi connectivity index (χ0v) is 31.4. The van der Waals surface area contributed by atoms with Gasteiger partial charge >= 0.3 is 11.9 Å². The second-order valence-corrected chi connectivity index (χ2v) is 13.3. The summed E-state index contributed by atoms with van der Waals surface area (Å²) in [7, 11) is 4.00. The summed E-state index contributed by atoms with van der Waals surface area (Å²) < 4.78 is 11.3. The number of ether oxygens (including phenoxy) is 2. The lowest BCUT2D eigenvalue weighted by molar-refractivity contribution is -0.159. The minimum Gasteiger partial charge on any atom is -0.462 e. The molecule has 0 spiro atoms. The van der Waals surface area contributed by atoms with Crippen LogP contribution < -0.4 is 0 Å². The molecule has 0 heterocycles. The molecule has 0 aromatic carbocycles. The highest BCUT2D eigenvalue weighted by Gasteiger charge is 2.17. The van der Waals surface area contributed by atoms with Crippen LogP contribution in [0.15, 0.2) is 48.6 Å². The van der Waals surface area contributed by atoms with Gasteiger partial charge in [0.15, 0.2) is 0 Å². The Morgan fingerprint density at radius 3 is 1.30 bits per heavy atom. The Labute approximate surface area is 291 Å². The lowest BCUT2D eigenvalue weighted by Gasteiger charge is -2.20. The molecule has 0 rings (SSSR count). The molecule has 0 aliphatic carbocycles. The molecule has 0 saturated heterocycles. The lowest BCUT2D eigenvalue weighted by atomic mass is 10.1. The molecule has 0 bridgehead atoms. The van der Waals surface area contributed by atoms with Crippen LogP contribution in [0.1, 0.15) is 174 Å². The van der Waals surface area contributed by atoms with Crippen LogP contribution >= 0.6 is 0 Å². The number of nitrogens with zero attached hydrogens (tertiary/aromatic N) is 1. The molecule has 0 saturated carbocycles. The van der Waals surface area contributed by atoms with Gasteiger partial charge in [-0.3, -0.25) is 9.59 Å². The van der Waals surface area contributed by atoms with E-state index in [0.717, 1.165) is 70.8 Å². The number of carbonyl (C=O) groups is 2. The number of rotatable bonds is 34. The number of hydrogen-bond donors (Lipinski definition) is 0. The fourth-order valence-electron chi connectivity index (χ4n) is 5.29. The van der Waals surface area contributed by atoms with Crippen molar-refractivity contribution in [3.8, 4) is 0 Å². The van der Waals surface area contributed by atoms with E-state index in [2.05, 4.69) is 67.4 Å². The van der Waals surface area contributed by atoms with E-state index in [1.165, 1.54) is 77.0 Å². The van der Waals surface area contributed by atoms with Gasteiger partial charge in [-0.2, -0.15) is 0 Å². The second-order valence-electron chi connectivity index (χ2n) is 13.3. The molecule has 5 heteroatoms. The quantitative estimate of drug-likeness (QED) is 0.0391. The molecule has 0 aromatic rings. The summed E-state index contributed by atoms with van der Waals surface area (Å²) in [5.41, 5.74) is 0. The number of carbonyl (C=O) groups excluding carboxylic acids is 2. The molecular weight excluding hydrogens is 582 g/mol. The molecule has 0 aliphatic heterocycles. The zero-order valence-electron chi connectivity index (χ0n) is 31.4. The number of esters is 2. The molecule has 0 fully saturated rings. The first-order chi connectivity index (χ1) is 23.0. The summed E-state index contributed by atoms with van der Waals surface area (Å²) in [5, 5.41) is 0. The molecule has 0 aromatic heterocycles. The van der Waals surface area contributed by atoms with Gasteiger partial charge in [-0.25, -0.2) is 0 Å². The Morgan fingerprint density at radius 1 is 0.511 bits per heavy atom. The first-order valence-electron chi connectivity index (χ1n) is 19.6. The van der Waals surface area contributed by atoms with Crippen LogP contribution in [0.5, 0.6) is 0 Å². The van der Waals surface area contributed by atoms with Crippen LogP contribution in [0.4, 0.5) is 0 Å². The van der Waals surface area contributed by atoms with E-state index < -0.39 is 0 Å². The average Bonchev–Trinajstić information content (AvgIpc) is 3.05. The zero-order chi connectivity index (χ0) is 34.5. The second kappa shape index (κ2) is 36.7. The summed E-state index contributed by atoms with van der Waals surface area (Å²) in [6.07, 6.45) is 45.0. The van der Waals surface area contributed by atoms with E-state index in [0.29, 0.717) is 19.3 Å². The minimum atomic E-state index is -0.376. The molecule has 0 radical (unpaired) electrons. The summed E-state index contributed by atoms with van der Waals surface area (Å²) in [4.78, 5) is 26.9. The minimum absolute atomic E-state index is 0.156. The maximum atomic E-state index is 12.5. The van der Waals surface area contributed by atoms with E-state index in [9.17, 15) is 9.59 Å². The average molecular weight is 658 g/mol.